The zero-order valence-corrected chi connectivity index (χ0v) is 16.7. The van der Waals surface area contributed by atoms with Crippen molar-refractivity contribution in [3.05, 3.63) is 58.4 Å². The number of hydrogen-bond donors (Lipinski definition) is 3. The Morgan fingerprint density at radius 3 is 2.77 bits per heavy atom. The van der Waals surface area contributed by atoms with Gasteiger partial charge in [0.2, 0.25) is 0 Å². The van der Waals surface area contributed by atoms with Gasteiger partial charge in [0.1, 0.15) is 5.69 Å². The highest BCUT2D eigenvalue weighted by atomic mass is 35.5. The van der Waals surface area contributed by atoms with Crippen molar-refractivity contribution in [1.82, 2.24) is 10.3 Å². The van der Waals surface area contributed by atoms with Gasteiger partial charge in [-0.3, -0.25) is 10.1 Å². The summed E-state index contributed by atoms with van der Waals surface area (Å²) < 4.78 is 63.1. The predicted molar refractivity (Wildman–Crippen MR) is 104 cm³/mol. The van der Waals surface area contributed by atoms with E-state index in [0.29, 0.717) is 6.07 Å². The summed E-state index contributed by atoms with van der Waals surface area (Å²) in [5.74, 6) is -3.74. The maximum atomic E-state index is 14.8. The molecule has 2 aliphatic rings. The fraction of sp³-hybridized carbons (Fsp3) is 0.316. The lowest BCUT2D eigenvalue weighted by atomic mass is 9.81. The minimum atomic E-state index is -3.26. The number of nitrogens with two attached hydrogens (primary N) is 1. The number of aromatic nitrogens is 1. The van der Waals surface area contributed by atoms with Gasteiger partial charge in [0, 0.05) is 29.9 Å². The summed E-state index contributed by atoms with van der Waals surface area (Å²) in [7, 11) is 0. The lowest BCUT2D eigenvalue weighted by Crippen LogP contribution is -2.40. The molecule has 3 heterocycles. The number of pyridine rings is 1. The number of fused-ring (bicyclic) bond motifs is 1. The van der Waals surface area contributed by atoms with Gasteiger partial charge in [-0.05, 0) is 25.1 Å². The zero-order chi connectivity index (χ0) is 22.6. The van der Waals surface area contributed by atoms with Gasteiger partial charge < -0.3 is 15.8 Å². The van der Waals surface area contributed by atoms with E-state index in [-0.39, 0.29) is 16.4 Å². The molecule has 3 atom stereocenters. The first-order valence-corrected chi connectivity index (χ1v) is 9.42. The number of carbonyl (C=O) groups excluding carboxylic acids is 1. The maximum absolute atomic E-state index is 14.8. The second-order valence-corrected chi connectivity index (χ2v) is 7.98. The molecule has 164 valence electrons. The Morgan fingerprint density at radius 2 is 2.13 bits per heavy atom. The van der Waals surface area contributed by atoms with E-state index in [4.69, 9.17) is 22.1 Å². The van der Waals surface area contributed by atoms with Crippen molar-refractivity contribution in [3.8, 4) is 0 Å². The molecule has 2 aromatic rings. The van der Waals surface area contributed by atoms with Crippen LogP contribution in [0, 0.1) is 11.6 Å². The van der Waals surface area contributed by atoms with Crippen LogP contribution in [-0.2, 0) is 10.3 Å². The summed E-state index contributed by atoms with van der Waals surface area (Å²) in [6, 6.07) is 3.72. The van der Waals surface area contributed by atoms with Gasteiger partial charge in [-0.2, -0.15) is 0 Å². The van der Waals surface area contributed by atoms with Crippen molar-refractivity contribution < 1.29 is 27.1 Å². The highest BCUT2D eigenvalue weighted by Gasteiger charge is 2.62. The van der Waals surface area contributed by atoms with E-state index in [2.05, 4.69) is 20.6 Å². The van der Waals surface area contributed by atoms with Crippen LogP contribution in [0.4, 0.5) is 23.2 Å². The molecule has 0 spiro atoms. The number of nitrogens with one attached hydrogen (secondary N) is 2. The van der Waals surface area contributed by atoms with Gasteiger partial charge in [0.15, 0.2) is 23.4 Å². The van der Waals surface area contributed by atoms with Crippen molar-refractivity contribution in [1.29, 1.82) is 0 Å². The topological polar surface area (TPSA) is 112 Å². The standard InChI is InChI=1S/C19H16ClF4N5O2/c1-18-7-19(15(23)24,29-17(25)31-16(18)28-18)10-4-9(5-11(21)13(10)22)27-14(30)12-3-2-8(20)6-26-12/h2-6,15-16,28H,7H2,1H3,(H2,25,29)(H,27,30). The number of amidine groups is 1. The van der Waals surface area contributed by atoms with Crippen molar-refractivity contribution in [2.45, 2.75) is 37.1 Å². The van der Waals surface area contributed by atoms with Crippen LogP contribution in [0.1, 0.15) is 29.4 Å². The number of aliphatic imine (C=N–C) groups is 1. The minimum Gasteiger partial charge on any atom is -0.444 e. The first kappa shape index (κ1) is 21.3. The largest absolute Gasteiger partial charge is 0.444 e. The molecular formula is C19H16ClF4N5O2. The van der Waals surface area contributed by atoms with Crippen molar-refractivity contribution in [3.63, 3.8) is 0 Å². The van der Waals surface area contributed by atoms with Crippen LogP contribution in [0.25, 0.3) is 0 Å². The Hall–Kier alpha value is -2.92. The Kier molecular flexibility index (Phi) is 5.05. The third kappa shape index (κ3) is 3.79. The molecule has 1 fully saturated rings. The highest BCUT2D eigenvalue weighted by molar-refractivity contribution is 6.30. The average molecular weight is 458 g/mol. The van der Waals surface area contributed by atoms with E-state index in [9.17, 15) is 22.4 Å². The van der Waals surface area contributed by atoms with E-state index in [0.717, 1.165) is 6.07 Å². The van der Waals surface area contributed by atoms with Crippen molar-refractivity contribution in [2.75, 3.05) is 5.32 Å². The number of benzene rings is 1. The molecule has 1 amide bonds. The Balaban J connectivity index is 1.77. The predicted octanol–water partition coefficient (Wildman–Crippen LogP) is 3.15. The summed E-state index contributed by atoms with van der Waals surface area (Å²) in [4.78, 5) is 19.9. The summed E-state index contributed by atoms with van der Waals surface area (Å²) in [6.07, 6.45) is -3.13. The molecule has 0 radical (unpaired) electrons. The first-order chi connectivity index (χ1) is 14.5. The van der Waals surface area contributed by atoms with E-state index >= 15 is 0 Å². The highest BCUT2D eigenvalue weighted by Crippen LogP contribution is 2.48. The fourth-order valence-corrected chi connectivity index (χ4v) is 3.70. The fourth-order valence-electron chi connectivity index (χ4n) is 3.58. The van der Waals surface area contributed by atoms with Crippen LogP contribution >= 0.6 is 11.6 Å². The molecule has 4 rings (SSSR count). The molecule has 1 aromatic heterocycles. The molecule has 7 nitrogen and oxygen atoms in total. The number of rotatable bonds is 4. The SMILES string of the molecule is CC12CC(c3cc(NC(=O)c4ccc(Cl)cn4)cc(F)c3F)(C(F)F)N=C(N)OC1N2. The summed E-state index contributed by atoms with van der Waals surface area (Å²) in [5, 5.41) is 5.45. The number of halogens is 5. The number of nitrogens with zero attached hydrogens (tertiary/aromatic N) is 2. The van der Waals surface area contributed by atoms with E-state index < -0.39 is 59.3 Å². The van der Waals surface area contributed by atoms with E-state index in [1.54, 1.807) is 6.92 Å². The number of amides is 1. The lowest BCUT2D eigenvalue weighted by molar-refractivity contribution is 0.0405. The van der Waals surface area contributed by atoms with Gasteiger partial charge in [-0.25, -0.2) is 27.5 Å². The van der Waals surface area contributed by atoms with E-state index in [1.807, 2.05) is 0 Å². The normalized spacial score (nSPS) is 27.1. The molecule has 12 heteroatoms. The number of ether oxygens (including phenoxy) is 1. The van der Waals surface area contributed by atoms with Crippen LogP contribution in [0.3, 0.4) is 0 Å². The molecule has 0 saturated carbocycles. The molecule has 4 N–H and O–H groups in total. The van der Waals surface area contributed by atoms with E-state index in [1.165, 1.54) is 18.3 Å². The third-order valence-electron chi connectivity index (χ3n) is 5.21. The minimum absolute atomic E-state index is 0.0677. The maximum Gasteiger partial charge on any atom is 0.284 e. The molecule has 0 aliphatic carbocycles. The molecule has 2 aliphatic heterocycles. The van der Waals surface area contributed by atoms with Gasteiger partial charge in [0.25, 0.3) is 18.4 Å². The van der Waals surface area contributed by atoms with Gasteiger partial charge >= 0.3 is 0 Å². The molecule has 3 unspecified atom stereocenters. The second kappa shape index (κ2) is 7.34. The lowest BCUT2D eigenvalue weighted by Gasteiger charge is -2.31. The van der Waals surface area contributed by atoms with Crippen LogP contribution in [0.2, 0.25) is 5.02 Å². The number of alkyl halides is 2. The summed E-state index contributed by atoms with van der Waals surface area (Å²) in [6.45, 7) is 1.58. The molecule has 0 bridgehead atoms. The Labute approximate surface area is 178 Å². The van der Waals surface area contributed by atoms with Crippen LogP contribution in [0.15, 0.2) is 35.5 Å². The number of anilines is 1. The van der Waals surface area contributed by atoms with Gasteiger partial charge in [0.05, 0.1) is 10.6 Å². The number of carbonyl (C=O) groups is 1. The molecule has 31 heavy (non-hydrogen) atoms. The zero-order valence-electron chi connectivity index (χ0n) is 15.9. The smallest absolute Gasteiger partial charge is 0.284 e. The van der Waals surface area contributed by atoms with Crippen LogP contribution in [-0.4, -0.2) is 35.1 Å². The Morgan fingerprint density at radius 1 is 1.39 bits per heavy atom. The molecule has 1 aromatic carbocycles. The van der Waals surface area contributed by atoms with Crippen molar-refractivity contribution in [2.24, 2.45) is 10.7 Å². The number of hydrogen-bond acceptors (Lipinski definition) is 6. The van der Waals surface area contributed by atoms with Crippen LogP contribution < -0.4 is 16.4 Å². The monoisotopic (exact) mass is 457 g/mol. The van der Waals surface area contributed by atoms with Crippen LogP contribution in [0.5, 0.6) is 0 Å². The third-order valence-corrected chi connectivity index (χ3v) is 5.44. The van der Waals surface area contributed by atoms with Crippen molar-refractivity contribution >= 4 is 29.2 Å². The summed E-state index contributed by atoms with van der Waals surface area (Å²) in [5.41, 5.74) is 0.998. The summed E-state index contributed by atoms with van der Waals surface area (Å²) >= 11 is 5.72. The quantitative estimate of drug-likeness (QED) is 0.482. The first-order valence-electron chi connectivity index (χ1n) is 9.04. The van der Waals surface area contributed by atoms with Gasteiger partial charge in [-0.1, -0.05) is 11.6 Å². The molecule has 1 saturated heterocycles. The average Bonchev–Trinajstić information content (AvgIpc) is 3.33. The second-order valence-electron chi connectivity index (χ2n) is 7.55. The Bertz CT molecular complexity index is 1080. The molecular weight excluding hydrogens is 442 g/mol. The van der Waals surface area contributed by atoms with Gasteiger partial charge in [-0.15, -0.1) is 0 Å².